The molecule has 1 saturated heterocycles. The van der Waals surface area contributed by atoms with Crippen LogP contribution in [-0.2, 0) is 0 Å². The van der Waals surface area contributed by atoms with Crippen LogP contribution >= 0.6 is 0 Å². The van der Waals surface area contributed by atoms with Crippen LogP contribution in [0.1, 0.15) is 10.5 Å². The molecular formula is C15H12F2N2O2. The van der Waals surface area contributed by atoms with E-state index in [0.717, 1.165) is 12.1 Å². The summed E-state index contributed by atoms with van der Waals surface area (Å²) in [7, 11) is 0. The van der Waals surface area contributed by atoms with Crippen LogP contribution in [0.25, 0.3) is 0 Å². The molecule has 21 heavy (non-hydrogen) atoms. The minimum absolute atomic E-state index is 0.166. The van der Waals surface area contributed by atoms with Gasteiger partial charge in [0.2, 0.25) is 0 Å². The Labute approximate surface area is 120 Å². The minimum Gasteiger partial charge on any atom is -0.487 e. The van der Waals surface area contributed by atoms with Gasteiger partial charge >= 0.3 is 0 Å². The molecular weight excluding hydrogens is 278 g/mol. The summed E-state index contributed by atoms with van der Waals surface area (Å²) in [6.07, 6.45) is 1.34. The first-order chi connectivity index (χ1) is 10.1. The zero-order chi connectivity index (χ0) is 14.8. The first-order valence-corrected chi connectivity index (χ1v) is 6.45. The number of hydrogen-bond donors (Lipinski definition) is 0. The third-order valence-electron chi connectivity index (χ3n) is 3.21. The van der Waals surface area contributed by atoms with Gasteiger partial charge in [0.1, 0.15) is 17.5 Å². The minimum atomic E-state index is -0.951. The molecule has 0 radical (unpaired) electrons. The Morgan fingerprint density at radius 3 is 2.67 bits per heavy atom. The number of nitrogens with zero attached hydrogens (tertiary/aromatic N) is 2. The maximum atomic E-state index is 13.1. The van der Waals surface area contributed by atoms with E-state index in [1.165, 1.54) is 6.07 Å². The molecule has 0 N–H and O–H groups in total. The maximum Gasteiger partial charge on any atom is 0.272 e. The normalized spacial score (nSPS) is 14.7. The summed E-state index contributed by atoms with van der Waals surface area (Å²) in [5.41, 5.74) is 0.378. The van der Waals surface area contributed by atoms with Crippen molar-refractivity contribution in [1.29, 1.82) is 0 Å². The number of hydrogen-bond acceptors (Lipinski definition) is 3. The summed E-state index contributed by atoms with van der Waals surface area (Å²) in [6.45, 7) is 0.794. The van der Waals surface area contributed by atoms with E-state index in [9.17, 15) is 13.6 Å². The Kier molecular flexibility index (Phi) is 3.51. The van der Waals surface area contributed by atoms with E-state index >= 15 is 0 Å². The molecule has 0 atom stereocenters. The predicted octanol–water partition coefficient (Wildman–Crippen LogP) is 2.26. The lowest BCUT2D eigenvalue weighted by Gasteiger charge is -2.38. The Hall–Kier alpha value is -2.50. The number of likely N-dealkylation sites (tertiary alicyclic amines) is 1. The van der Waals surface area contributed by atoms with Crippen LogP contribution in [0.15, 0.2) is 42.6 Å². The topological polar surface area (TPSA) is 42.4 Å². The van der Waals surface area contributed by atoms with Crippen LogP contribution in [0, 0.1) is 11.6 Å². The lowest BCUT2D eigenvalue weighted by molar-refractivity contribution is 0.0172. The van der Waals surface area contributed by atoms with Crippen LogP contribution in [0.3, 0.4) is 0 Å². The molecule has 2 heterocycles. The molecule has 3 rings (SSSR count). The highest BCUT2D eigenvalue weighted by Gasteiger charge is 2.33. The number of ether oxygens (including phenoxy) is 1. The number of amides is 1. The fourth-order valence-electron chi connectivity index (χ4n) is 2.07. The van der Waals surface area contributed by atoms with E-state index in [0.29, 0.717) is 18.8 Å². The van der Waals surface area contributed by atoms with Gasteiger partial charge in [0, 0.05) is 12.3 Å². The van der Waals surface area contributed by atoms with Crippen LogP contribution in [0.4, 0.5) is 8.78 Å². The highest BCUT2D eigenvalue weighted by molar-refractivity contribution is 5.92. The van der Waals surface area contributed by atoms with E-state index in [1.807, 2.05) is 0 Å². The smallest absolute Gasteiger partial charge is 0.272 e. The summed E-state index contributed by atoms with van der Waals surface area (Å²) in [5.74, 6) is -1.78. The van der Waals surface area contributed by atoms with Crippen LogP contribution in [0.2, 0.25) is 0 Å². The summed E-state index contributed by atoms with van der Waals surface area (Å²) in [4.78, 5) is 17.6. The molecule has 6 heteroatoms. The predicted molar refractivity (Wildman–Crippen MR) is 70.9 cm³/mol. The molecule has 1 fully saturated rings. The number of benzene rings is 1. The lowest BCUT2D eigenvalue weighted by Crippen LogP contribution is -2.56. The lowest BCUT2D eigenvalue weighted by atomic mass is 10.1. The second-order valence-electron chi connectivity index (χ2n) is 4.74. The molecule has 108 valence electrons. The van der Waals surface area contributed by atoms with E-state index in [2.05, 4.69) is 4.98 Å². The molecule has 0 saturated carbocycles. The molecule has 1 amide bonds. The van der Waals surface area contributed by atoms with Crippen molar-refractivity contribution in [3.05, 3.63) is 59.9 Å². The van der Waals surface area contributed by atoms with E-state index in [-0.39, 0.29) is 17.8 Å². The Morgan fingerprint density at radius 2 is 2.00 bits per heavy atom. The van der Waals surface area contributed by atoms with Crippen molar-refractivity contribution in [2.75, 3.05) is 13.1 Å². The third-order valence-corrected chi connectivity index (χ3v) is 3.21. The number of aromatic nitrogens is 1. The van der Waals surface area contributed by atoms with Crippen molar-refractivity contribution in [1.82, 2.24) is 9.88 Å². The highest BCUT2D eigenvalue weighted by atomic mass is 19.2. The Bertz CT molecular complexity index is 658. The fraction of sp³-hybridized carbons (Fsp3) is 0.200. The van der Waals surface area contributed by atoms with Gasteiger partial charge in [0.25, 0.3) is 5.91 Å². The Balaban J connectivity index is 1.56. The molecule has 1 aromatic heterocycles. The van der Waals surface area contributed by atoms with Crippen LogP contribution in [-0.4, -0.2) is 35.0 Å². The maximum absolute atomic E-state index is 13.1. The molecule has 0 aliphatic carbocycles. The van der Waals surface area contributed by atoms with Crippen molar-refractivity contribution in [3.8, 4) is 5.75 Å². The standard InChI is InChI=1S/C15H12F2N2O2/c16-12-5-4-10(7-13(12)17)21-11-8-19(9-11)15(20)14-3-1-2-6-18-14/h1-7,11H,8-9H2. The molecule has 0 bridgehead atoms. The number of carbonyl (C=O) groups is 1. The zero-order valence-electron chi connectivity index (χ0n) is 11.0. The molecule has 4 nitrogen and oxygen atoms in total. The quantitative estimate of drug-likeness (QED) is 0.871. The zero-order valence-corrected chi connectivity index (χ0v) is 11.0. The molecule has 1 aliphatic rings. The number of rotatable bonds is 3. The van der Waals surface area contributed by atoms with Crippen molar-refractivity contribution < 1.29 is 18.3 Å². The second kappa shape index (κ2) is 5.47. The first-order valence-electron chi connectivity index (χ1n) is 6.45. The van der Waals surface area contributed by atoms with Gasteiger partial charge in [-0.2, -0.15) is 0 Å². The summed E-state index contributed by atoms with van der Waals surface area (Å²) in [6, 6.07) is 8.50. The SMILES string of the molecule is O=C(c1ccccn1)N1CC(Oc2ccc(F)c(F)c2)C1. The fourth-order valence-corrected chi connectivity index (χ4v) is 2.07. The molecule has 1 aliphatic heterocycles. The molecule has 0 spiro atoms. The molecule has 1 aromatic carbocycles. The first kappa shape index (κ1) is 13.5. The third kappa shape index (κ3) is 2.84. The van der Waals surface area contributed by atoms with E-state index < -0.39 is 11.6 Å². The van der Waals surface area contributed by atoms with Gasteiger partial charge in [-0.15, -0.1) is 0 Å². The van der Waals surface area contributed by atoms with Crippen molar-refractivity contribution >= 4 is 5.91 Å². The van der Waals surface area contributed by atoms with Gasteiger partial charge < -0.3 is 9.64 Å². The average Bonchev–Trinajstić information content (AvgIpc) is 2.46. The van der Waals surface area contributed by atoms with Gasteiger partial charge in [-0.1, -0.05) is 6.07 Å². The second-order valence-corrected chi connectivity index (χ2v) is 4.74. The number of pyridine rings is 1. The van der Waals surface area contributed by atoms with Gasteiger partial charge in [0.15, 0.2) is 11.6 Å². The van der Waals surface area contributed by atoms with Gasteiger partial charge in [-0.05, 0) is 24.3 Å². The van der Waals surface area contributed by atoms with Crippen molar-refractivity contribution in [3.63, 3.8) is 0 Å². The van der Waals surface area contributed by atoms with E-state index in [1.54, 1.807) is 29.3 Å². The van der Waals surface area contributed by atoms with Crippen LogP contribution in [0.5, 0.6) is 5.75 Å². The van der Waals surface area contributed by atoms with Gasteiger partial charge in [-0.3, -0.25) is 9.78 Å². The summed E-state index contributed by atoms with van der Waals surface area (Å²) in [5, 5.41) is 0. The van der Waals surface area contributed by atoms with Crippen molar-refractivity contribution in [2.45, 2.75) is 6.10 Å². The molecule has 2 aromatic rings. The molecule has 0 unspecified atom stereocenters. The van der Waals surface area contributed by atoms with Gasteiger partial charge in [-0.25, -0.2) is 8.78 Å². The highest BCUT2D eigenvalue weighted by Crippen LogP contribution is 2.21. The summed E-state index contributed by atoms with van der Waals surface area (Å²) < 4.78 is 31.3. The summed E-state index contributed by atoms with van der Waals surface area (Å²) >= 11 is 0. The Morgan fingerprint density at radius 1 is 1.19 bits per heavy atom. The average molecular weight is 290 g/mol. The van der Waals surface area contributed by atoms with Crippen molar-refractivity contribution in [2.24, 2.45) is 0 Å². The largest absolute Gasteiger partial charge is 0.487 e. The number of halogens is 2. The number of carbonyl (C=O) groups excluding carboxylic acids is 1. The van der Waals surface area contributed by atoms with Gasteiger partial charge in [0.05, 0.1) is 13.1 Å². The van der Waals surface area contributed by atoms with Crippen LogP contribution < -0.4 is 4.74 Å². The van der Waals surface area contributed by atoms with E-state index in [4.69, 9.17) is 4.74 Å². The monoisotopic (exact) mass is 290 g/mol.